The van der Waals surface area contributed by atoms with E-state index in [1.54, 1.807) is 4.68 Å². The third kappa shape index (κ3) is 3.40. The number of pyridine rings is 1. The molecule has 1 fully saturated rings. The van der Waals surface area contributed by atoms with Gasteiger partial charge in [-0.2, -0.15) is 5.10 Å². The summed E-state index contributed by atoms with van der Waals surface area (Å²) in [6.07, 6.45) is 2.08. The van der Waals surface area contributed by atoms with Gasteiger partial charge < -0.3 is 9.64 Å². The Hall–Kier alpha value is -2.73. The fourth-order valence-electron chi connectivity index (χ4n) is 4.04. The second-order valence-corrected chi connectivity index (χ2v) is 7.30. The van der Waals surface area contributed by atoms with Crippen LogP contribution in [-0.4, -0.2) is 51.4 Å². The number of amides is 1. The molecule has 2 aromatic heterocycles. The Balaban J connectivity index is 1.80. The Morgan fingerprint density at radius 2 is 2.07 bits per heavy atom. The smallest absolute Gasteiger partial charge is 0.254 e. The Morgan fingerprint density at radius 1 is 1.29 bits per heavy atom. The highest BCUT2D eigenvalue weighted by molar-refractivity contribution is 6.07. The molecule has 146 valence electrons. The first-order chi connectivity index (χ1) is 13.6. The van der Waals surface area contributed by atoms with Crippen LogP contribution in [0.1, 0.15) is 35.8 Å². The monoisotopic (exact) mass is 378 g/mol. The number of fused-ring (bicyclic) bond motifs is 1. The van der Waals surface area contributed by atoms with E-state index in [0.29, 0.717) is 18.7 Å². The summed E-state index contributed by atoms with van der Waals surface area (Å²) in [5, 5.41) is 5.35. The van der Waals surface area contributed by atoms with E-state index in [1.165, 1.54) is 0 Å². The lowest BCUT2D eigenvalue weighted by atomic mass is 10.0. The Kier molecular flexibility index (Phi) is 5.13. The van der Waals surface area contributed by atoms with Crippen LogP contribution >= 0.6 is 0 Å². The second kappa shape index (κ2) is 7.72. The third-order valence-corrected chi connectivity index (χ3v) is 5.34. The van der Waals surface area contributed by atoms with Crippen LogP contribution in [0.2, 0.25) is 0 Å². The van der Waals surface area contributed by atoms with E-state index < -0.39 is 0 Å². The molecule has 0 bridgehead atoms. The SMILES string of the molecule is CCOC1CCCN(C(=O)c2cc(-c3ccccc3)nc3c2c(C)nn3C)C1. The van der Waals surface area contributed by atoms with E-state index in [2.05, 4.69) is 5.10 Å². The number of aromatic nitrogens is 3. The number of carbonyl (C=O) groups excluding carboxylic acids is 1. The molecule has 3 aromatic rings. The first-order valence-electron chi connectivity index (χ1n) is 9.89. The zero-order valence-corrected chi connectivity index (χ0v) is 16.7. The van der Waals surface area contributed by atoms with Crippen LogP contribution in [0.15, 0.2) is 36.4 Å². The average Bonchev–Trinajstić information content (AvgIpc) is 3.02. The van der Waals surface area contributed by atoms with Crippen LogP contribution in [0.4, 0.5) is 0 Å². The van der Waals surface area contributed by atoms with Crippen molar-refractivity contribution in [1.29, 1.82) is 0 Å². The molecule has 1 aliphatic rings. The largest absolute Gasteiger partial charge is 0.377 e. The summed E-state index contributed by atoms with van der Waals surface area (Å²) >= 11 is 0. The van der Waals surface area contributed by atoms with Crippen molar-refractivity contribution in [2.45, 2.75) is 32.8 Å². The van der Waals surface area contributed by atoms with E-state index >= 15 is 0 Å². The summed E-state index contributed by atoms with van der Waals surface area (Å²) in [4.78, 5) is 20.2. The van der Waals surface area contributed by atoms with Crippen molar-refractivity contribution < 1.29 is 9.53 Å². The van der Waals surface area contributed by atoms with Gasteiger partial charge in [-0.1, -0.05) is 30.3 Å². The fourth-order valence-corrected chi connectivity index (χ4v) is 4.04. The molecule has 0 radical (unpaired) electrons. The zero-order chi connectivity index (χ0) is 19.7. The molecule has 1 saturated heterocycles. The van der Waals surface area contributed by atoms with Gasteiger partial charge in [-0.25, -0.2) is 4.98 Å². The summed E-state index contributed by atoms with van der Waals surface area (Å²) in [5.41, 5.74) is 4.01. The van der Waals surface area contributed by atoms with E-state index in [9.17, 15) is 4.79 Å². The number of ether oxygens (including phenoxy) is 1. The molecule has 1 atom stereocenters. The van der Waals surface area contributed by atoms with Crippen LogP contribution in [0.3, 0.4) is 0 Å². The number of hydrogen-bond acceptors (Lipinski definition) is 4. The van der Waals surface area contributed by atoms with Gasteiger partial charge in [-0.3, -0.25) is 9.48 Å². The minimum absolute atomic E-state index is 0.0325. The van der Waals surface area contributed by atoms with Gasteiger partial charge in [0.25, 0.3) is 5.91 Å². The number of hydrogen-bond donors (Lipinski definition) is 0. The summed E-state index contributed by atoms with van der Waals surface area (Å²) in [6.45, 7) is 6.00. The van der Waals surface area contributed by atoms with Crippen molar-refractivity contribution in [2.75, 3.05) is 19.7 Å². The highest BCUT2D eigenvalue weighted by Gasteiger charge is 2.28. The normalized spacial score (nSPS) is 17.2. The lowest BCUT2D eigenvalue weighted by Crippen LogP contribution is -2.43. The van der Waals surface area contributed by atoms with Crippen LogP contribution in [0, 0.1) is 6.92 Å². The minimum Gasteiger partial charge on any atom is -0.377 e. The number of benzene rings is 1. The Bertz CT molecular complexity index is 995. The zero-order valence-electron chi connectivity index (χ0n) is 16.7. The van der Waals surface area contributed by atoms with Crippen LogP contribution < -0.4 is 0 Å². The molecule has 1 unspecified atom stereocenters. The van der Waals surface area contributed by atoms with Gasteiger partial charge in [0.15, 0.2) is 5.65 Å². The van der Waals surface area contributed by atoms with E-state index in [0.717, 1.165) is 47.4 Å². The minimum atomic E-state index is 0.0325. The lowest BCUT2D eigenvalue weighted by Gasteiger charge is -2.32. The Morgan fingerprint density at radius 3 is 2.82 bits per heavy atom. The molecule has 0 aliphatic carbocycles. The van der Waals surface area contributed by atoms with Crippen molar-refractivity contribution in [2.24, 2.45) is 7.05 Å². The number of rotatable bonds is 4. The average molecular weight is 378 g/mol. The van der Waals surface area contributed by atoms with Crippen molar-refractivity contribution in [3.63, 3.8) is 0 Å². The predicted molar refractivity (Wildman–Crippen MR) is 109 cm³/mol. The van der Waals surface area contributed by atoms with Crippen molar-refractivity contribution in [3.05, 3.63) is 47.7 Å². The molecule has 1 aliphatic heterocycles. The molecule has 3 heterocycles. The number of piperidine rings is 1. The predicted octanol–water partition coefficient (Wildman–Crippen LogP) is 3.58. The second-order valence-electron chi connectivity index (χ2n) is 7.30. The van der Waals surface area contributed by atoms with E-state index in [1.807, 2.05) is 62.2 Å². The van der Waals surface area contributed by atoms with Crippen LogP contribution in [-0.2, 0) is 11.8 Å². The molecule has 1 aromatic carbocycles. The number of aryl methyl sites for hydroxylation is 2. The third-order valence-electron chi connectivity index (χ3n) is 5.34. The summed E-state index contributed by atoms with van der Waals surface area (Å²) in [7, 11) is 1.87. The molecule has 6 heteroatoms. The molecular weight excluding hydrogens is 352 g/mol. The topological polar surface area (TPSA) is 60.2 Å². The maximum absolute atomic E-state index is 13.5. The molecule has 28 heavy (non-hydrogen) atoms. The molecule has 6 nitrogen and oxygen atoms in total. The molecular formula is C22H26N4O2. The molecule has 0 N–H and O–H groups in total. The van der Waals surface area contributed by atoms with Gasteiger partial charge in [0.1, 0.15) is 0 Å². The Labute approximate surface area is 165 Å². The number of carbonyl (C=O) groups is 1. The highest BCUT2D eigenvalue weighted by atomic mass is 16.5. The summed E-state index contributed by atoms with van der Waals surface area (Å²) < 4.78 is 7.54. The molecule has 0 saturated carbocycles. The van der Waals surface area contributed by atoms with Gasteiger partial charge in [0, 0.05) is 32.3 Å². The highest BCUT2D eigenvalue weighted by Crippen LogP contribution is 2.28. The van der Waals surface area contributed by atoms with Crippen molar-refractivity contribution in [3.8, 4) is 11.3 Å². The quantitative estimate of drug-likeness (QED) is 0.696. The van der Waals surface area contributed by atoms with E-state index in [4.69, 9.17) is 9.72 Å². The van der Waals surface area contributed by atoms with Gasteiger partial charge in [0.2, 0.25) is 0 Å². The molecule has 1 amide bonds. The van der Waals surface area contributed by atoms with Crippen LogP contribution in [0.25, 0.3) is 22.3 Å². The number of likely N-dealkylation sites (tertiary alicyclic amines) is 1. The maximum atomic E-state index is 13.5. The summed E-state index contributed by atoms with van der Waals surface area (Å²) in [5.74, 6) is 0.0325. The van der Waals surface area contributed by atoms with Gasteiger partial charge in [-0.15, -0.1) is 0 Å². The first kappa shape index (κ1) is 18.6. The molecule has 4 rings (SSSR count). The lowest BCUT2D eigenvalue weighted by molar-refractivity contribution is 0.00731. The summed E-state index contributed by atoms with van der Waals surface area (Å²) in [6, 6.07) is 11.9. The standard InChI is InChI=1S/C22H26N4O2/c1-4-28-17-11-8-12-26(14-17)22(27)18-13-19(16-9-6-5-7-10-16)23-21-20(18)15(2)24-25(21)3/h5-7,9-10,13,17H,4,8,11-12,14H2,1-3H3. The van der Waals surface area contributed by atoms with Crippen molar-refractivity contribution >= 4 is 16.9 Å². The van der Waals surface area contributed by atoms with Gasteiger partial charge >= 0.3 is 0 Å². The van der Waals surface area contributed by atoms with E-state index in [-0.39, 0.29) is 12.0 Å². The van der Waals surface area contributed by atoms with Crippen LogP contribution in [0.5, 0.6) is 0 Å². The number of nitrogens with zero attached hydrogens (tertiary/aromatic N) is 4. The fraction of sp³-hybridized carbons (Fsp3) is 0.409. The maximum Gasteiger partial charge on any atom is 0.254 e. The van der Waals surface area contributed by atoms with Gasteiger partial charge in [0.05, 0.1) is 28.4 Å². The first-order valence-corrected chi connectivity index (χ1v) is 9.89. The van der Waals surface area contributed by atoms with Crippen molar-refractivity contribution in [1.82, 2.24) is 19.7 Å². The molecule has 0 spiro atoms. The van der Waals surface area contributed by atoms with Gasteiger partial charge in [-0.05, 0) is 32.8 Å².